The summed E-state index contributed by atoms with van der Waals surface area (Å²) in [5.41, 5.74) is -0.665. The Morgan fingerprint density at radius 1 is 1.43 bits per heavy atom. The van der Waals surface area contributed by atoms with Crippen LogP contribution in [0.5, 0.6) is 0 Å². The summed E-state index contributed by atoms with van der Waals surface area (Å²) in [7, 11) is 0. The van der Waals surface area contributed by atoms with Crippen molar-refractivity contribution < 1.29 is 19.1 Å². The number of urea groups is 1. The first-order valence-corrected chi connectivity index (χ1v) is 6.77. The third-order valence-electron chi connectivity index (χ3n) is 2.57. The number of carbonyl (C=O) groups is 2. The number of carbonyl (C=O) groups excluding carboxylic acids is 1. The molecule has 2 aromatic rings. The van der Waals surface area contributed by atoms with Crippen molar-refractivity contribution in [1.29, 1.82) is 0 Å². The van der Waals surface area contributed by atoms with Crippen LogP contribution >= 0.6 is 11.3 Å². The first-order valence-electron chi connectivity index (χ1n) is 5.95. The van der Waals surface area contributed by atoms with Crippen molar-refractivity contribution in [3.63, 3.8) is 0 Å². The van der Waals surface area contributed by atoms with Gasteiger partial charge in [0, 0.05) is 11.1 Å². The third-order valence-corrected chi connectivity index (χ3v) is 3.49. The van der Waals surface area contributed by atoms with E-state index in [9.17, 15) is 14.0 Å². The van der Waals surface area contributed by atoms with Crippen LogP contribution in [0.3, 0.4) is 0 Å². The Labute approximate surface area is 123 Å². The molecule has 0 radical (unpaired) electrons. The minimum absolute atomic E-state index is 0.230. The zero-order valence-electron chi connectivity index (χ0n) is 11.0. The second-order valence-corrected chi connectivity index (χ2v) is 5.44. The van der Waals surface area contributed by atoms with E-state index < -0.39 is 17.8 Å². The quantitative estimate of drug-likeness (QED) is 0.809. The first kappa shape index (κ1) is 14.9. The Morgan fingerprint density at radius 2 is 2.19 bits per heavy atom. The average Bonchev–Trinajstić information content (AvgIpc) is 2.84. The maximum atomic E-state index is 13.6. The number of aromatic carboxylic acids is 1. The van der Waals surface area contributed by atoms with E-state index in [1.54, 1.807) is 6.20 Å². The maximum Gasteiger partial charge on any atom is 0.337 e. The van der Waals surface area contributed by atoms with Gasteiger partial charge in [0.25, 0.3) is 0 Å². The van der Waals surface area contributed by atoms with Crippen LogP contribution < -0.4 is 10.6 Å². The van der Waals surface area contributed by atoms with Gasteiger partial charge < -0.3 is 15.7 Å². The number of aromatic nitrogens is 1. The topological polar surface area (TPSA) is 91.3 Å². The number of nitrogens with one attached hydrogen (secondary N) is 2. The van der Waals surface area contributed by atoms with Gasteiger partial charge in [-0.15, -0.1) is 11.3 Å². The van der Waals surface area contributed by atoms with E-state index in [1.807, 2.05) is 6.92 Å². The average molecular weight is 309 g/mol. The van der Waals surface area contributed by atoms with Gasteiger partial charge in [-0.05, 0) is 19.1 Å². The highest BCUT2D eigenvalue weighted by Crippen LogP contribution is 2.19. The van der Waals surface area contributed by atoms with Crippen molar-refractivity contribution in [3.8, 4) is 0 Å². The maximum absolute atomic E-state index is 13.6. The number of thiazole rings is 1. The number of aryl methyl sites for hydroxylation is 1. The molecule has 110 valence electrons. The number of carboxylic acid groups (broad SMARTS) is 1. The summed E-state index contributed by atoms with van der Waals surface area (Å²) >= 11 is 1.43. The second kappa shape index (κ2) is 6.31. The van der Waals surface area contributed by atoms with Crippen LogP contribution in [0.2, 0.25) is 0 Å². The predicted molar refractivity (Wildman–Crippen MR) is 76.1 cm³/mol. The molecule has 1 aromatic carbocycles. The molecule has 1 aromatic heterocycles. The number of halogens is 1. The number of anilines is 1. The van der Waals surface area contributed by atoms with Crippen molar-refractivity contribution in [2.75, 3.05) is 5.32 Å². The van der Waals surface area contributed by atoms with E-state index >= 15 is 0 Å². The minimum Gasteiger partial charge on any atom is -0.478 e. The summed E-state index contributed by atoms with van der Waals surface area (Å²) in [4.78, 5) is 27.6. The molecule has 2 amide bonds. The summed E-state index contributed by atoms with van der Waals surface area (Å²) in [5, 5.41) is 14.6. The Morgan fingerprint density at radius 3 is 2.81 bits per heavy atom. The molecule has 2 rings (SSSR count). The van der Waals surface area contributed by atoms with Crippen LogP contribution in [-0.4, -0.2) is 22.1 Å². The summed E-state index contributed by atoms with van der Waals surface area (Å²) in [6.07, 6.45) is 1.63. The Bertz CT molecular complexity index is 687. The van der Waals surface area contributed by atoms with E-state index in [0.717, 1.165) is 16.0 Å². The van der Waals surface area contributed by atoms with E-state index in [1.165, 1.54) is 23.5 Å². The lowest BCUT2D eigenvalue weighted by Gasteiger charge is -2.10. The van der Waals surface area contributed by atoms with Crippen LogP contribution in [0, 0.1) is 12.7 Å². The number of carboxylic acids is 1. The fourth-order valence-corrected chi connectivity index (χ4v) is 2.38. The molecule has 0 aliphatic rings. The van der Waals surface area contributed by atoms with Crippen molar-refractivity contribution in [2.45, 2.75) is 13.5 Å². The Balaban J connectivity index is 2.04. The van der Waals surface area contributed by atoms with Crippen molar-refractivity contribution in [3.05, 3.63) is 45.7 Å². The fraction of sp³-hybridized carbons (Fsp3) is 0.154. The van der Waals surface area contributed by atoms with Gasteiger partial charge in [-0.1, -0.05) is 6.07 Å². The van der Waals surface area contributed by atoms with Crippen molar-refractivity contribution in [1.82, 2.24) is 10.3 Å². The molecule has 0 atom stereocenters. The third kappa shape index (κ3) is 3.76. The van der Waals surface area contributed by atoms with Gasteiger partial charge in [-0.2, -0.15) is 0 Å². The normalized spacial score (nSPS) is 10.2. The highest BCUT2D eigenvalue weighted by Gasteiger charge is 2.16. The summed E-state index contributed by atoms with van der Waals surface area (Å²) in [6.45, 7) is 2.07. The molecule has 0 fully saturated rings. The SMILES string of the molecule is Cc1ncc(CNC(=O)Nc2c(F)cccc2C(=O)O)s1. The smallest absolute Gasteiger partial charge is 0.337 e. The van der Waals surface area contributed by atoms with Gasteiger partial charge >= 0.3 is 12.0 Å². The van der Waals surface area contributed by atoms with Gasteiger partial charge in [0.15, 0.2) is 0 Å². The van der Waals surface area contributed by atoms with Gasteiger partial charge in [0.05, 0.1) is 22.8 Å². The number of para-hydroxylation sites is 1. The van der Waals surface area contributed by atoms with Crippen molar-refractivity contribution >= 4 is 29.0 Å². The fourth-order valence-electron chi connectivity index (χ4n) is 1.64. The van der Waals surface area contributed by atoms with Gasteiger partial charge in [-0.25, -0.2) is 19.0 Å². The second-order valence-electron chi connectivity index (χ2n) is 4.12. The summed E-state index contributed by atoms with van der Waals surface area (Å²) in [5.74, 6) is -2.12. The highest BCUT2D eigenvalue weighted by molar-refractivity contribution is 7.11. The highest BCUT2D eigenvalue weighted by atomic mass is 32.1. The van der Waals surface area contributed by atoms with E-state index in [4.69, 9.17) is 5.11 Å². The predicted octanol–water partition coefficient (Wildman–Crippen LogP) is 2.61. The van der Waals surface area contributed by atoms with Crippen LogP contribution in [0.1, 0.15) is 20.2 Å². The molecule has 3 N–H and O–H groups in total. The molecule has 0 spiro atoms. The molecule has 0 saturated heterocycles. The monoisotopic (exact) mass is 309 g/mol. The Kier molecular flexibility index (Phi) is 4.49. The van der Waals surface area contributed by atoms with Crippen LogP contribution in [0.25, 0.3) is 0 Å². The van der Waals surface area contributed by atoms with Gasteiger partial charge in [0.2, 0.25) is 0 Å². The van der Waals surface area contributed by atoms with E-state index in [2.05, 4.69) is 15.6 Å². The van der Waals surface area contributed by atoms with E-state index in [0.29, 0.717) is 0 Å². The number of nitrogens with zero attached hydrogens (tertiary/aromatic N) is 1. The van der Waals surface area contributed by atoms with Crippen molar-refractivity contribution in [2.24, 2.45) is 0 Å². The number of hydrogen-bond acceptors (Lipinski definition) is 4. The minimum atomic E-state index is -1.32. The molecule has 0 unspecified atom stereocenters. The zero-order chi connectivity index (χ0) is 15.4. The number of benzene rings is 1. The van der Waals surface area contributed by atoms with Crippen LogP contribution in [0.15, 0.2) is 24.4 Å². The molecule has 0 saturated carbocycles. The summed E-state index contributed by atoms with van der Waals surface area (Å²) < 4.78 is 13.6. The van der Waals surface area contributed by atoms with Crippen LogP contribution in [0.4, 0.5) is 14.9 Å². The number of rotatable bonds is 4. The van der Waals surface area contributed by atoms with E-state index in [-0.39, 0.29) is 17.8 Å². The Hall–Kier alpha value is -2.48. The molecule has 6 nitrogen and oxygen atoms in total. The molecule has 0 aliphatic heterocycles. The number of amides is 2. The molecule has 0 aliphatic carbocycles. The lowest BCUT2D eigenvalue weighted by molar-refractivity contribution is 0.0697. The molecule has 0 bridgehead atoms. The largest absolute Gasteiger partial charge is 0.478 e. The first-order chi connectivity index (χ1) is 9.97. The molecular formula is C13H12FN3O3S. The molecule has 8 heteroatoms. The van der Waals surface area contributed by atoms with Gasteiger partial charge in [-0.3, -0.25) is 0 Å². The lowest BCUT2D eigenvalue weighted by atomic mass is 10.1. The number of hydrogen-bond donors (Lipinski definition) is 3. The lowest BCUT2D eigenvalue weighted by Crippen LogP contribution is -2.29. The standard InChI is InChI=1S/C13H12FN3O3S/c1-7-15-5-8(21-7)6-16-13(20)17-11-9(12(18)19)3-2-4-10(11)14/h2-5H,6H2,1H3,(H,18,19)(H2,16,17,20). The molecular weight excluding hydrogens is 297 g/mol. The zero-order valence-corrected chi connectivity index (χ0v) is 11.8. The van der Waals surface area contributed by atoms with Crippen LogP contribution in [-0.2, 0) is 6.54 Å². The summed E-state index contributed by atoms with van der Waals surface area (Å²) in [6, 6.07) is 2.87. The molecule has 1 heterocycles. The van der Waals surface area contributed by atoms with Gasteiger partial charge in [0.1, 0.15) is 5.82 Å². The molecule has 21 heavy (non-hydrogen) atoms.